The molecule has 0 aliphatic heterocycles. The Labute approximate surface area is 96.3 Å². The summed E-state index contributed by atoms with van der Waals surface area (Å²) in [6.07, 6.45) is 3.11. The first-order chi connectivity index (χ1) is 7.70. The zero-order valence-corrected chi connectivity index (χ0v) is 9.32. The molecular weight excluding hydrogens is 226 g/mol. The van der Waals surface area contributed by atoms with Gasteiger partial charge in [0.25, 0.3) is 0 Å². The number of hydrogen-bond acceptors (Lipinski definition) is 4. The van der Waals surface area contributed by atoms with Crippen molar-refractivity contribution in [3.05, 3.63) is 36.2 Å². The van der Waals surface area contributed by atoms with Crippen LogP contribution in [-0.2, 0) is 0 Å². The lowest BCUT2D eigenvalue weighted by atomic mass is 10.2. The average Bonchev–Trinajstić information content (AvgIpc) is 2.78. The maximum absolute atomic E-state index is 10.6. The van der Waals surface area contributed by atoms with Gasteiger partial charge in [0.1, 0.15) is 6.26 Å². The van der Waals surface area contributed by atoms with E-state index in [1.54, 1.807) is 11.8 Å². The molecule has 5 heteroatoms. The van der Waals surface area contributed by atoms with Crippen LogP contribution in [0.5, 0.6) is 0 Å². The van der Waals surface area contributed by atoms with Crippen LogP contribution in [0.2, 0.25) is 0 Å². The molecule has 1 heterocycles. The zero-order valence-electron chi connectivity index (χ0n) is 8.51. The average molecular weight is 235 g/mol. The summed E-state index contributed by atoms with van der Waals surface area (Å²) in [7, 11) is 0. The van der Waals surface area contributed by atoms with E-state index in [0.29, 0.717) is 5.89 Å². The summed E-state index contributed by atoms with van der Waals surface area (Å²) in [4.78, 5) is 15.6. The van der Waals surface area contributed by atoms with Gasteiger partial charge < -0.3 is 9.52 Å². The molecule has 0 atom stereocenters. The van der Waals surface area contributed by atoms with Crippen molar-refractivity contribution in [2.24, 2.45) is 0 Å². The van der Waals surface area contributed by atoms with Gasteiger partial charge in [-0.1, -0.05) is 6.07 Å². The number of aromatic nitrogens is 1. The van der Waals surface area contributed by atoms with E-state index in [-0.39, 0.29) is 5.69 Å². The molecule has 0 saturated heterocycles. The number of carboxylic acid groups (broad SMARTS) is 1. The molecule has 0 fully saturated rings. The molecule has 1 N–H and O–H groups in total. The third kappa shape index (κ3) is 2.09. The highest BCUT2D eigenvalue weighted by molar-refractivity contribution is 7.98. The second-order valence-corrected chi connectivity index (χ2v) is 3.95. The van der Waals surface area contributed by atoms with Gasteiger partial charge in [0.15, 0.2) is 5.69 Å². The fourth-order valence-electron chi connectivity index (χ4n) is 1.26. The lowest BCUT2D eigenvalue weighted by molar-refractivity contribution is 0.0690. The van der Waals surface area contributed by atoms with E-state index in [2.05, 4.69) is 4.98 Å². The summed E-state index contributed by atoms with van der Waals surface area (Å²) in [6.45, 7) is 0. The molecule has 0 saturated carbocycles. The minimum absolute atomic E-state index is 0.0791. The van der Waals surface area contributed by atoms with Crippen LogP contribution in [0.3, 0.4) is 0 Å². The fraction of sp³-hybridized carbons (Fsp3) is 0.0909. The molecule has 0 unspecified atom stereocenters. The number of rotatable bonds is 3. The Morgan fingerprint density at radius 3 is 2.94 bits per heavy atom. The molecule has 82 valence electrons. The zero-order chi connectivity index (χ0) is 11.5. The van der Waals surface area contributed by atoms with Gasteiger partial charge in [0.2, 0.25) is 5.89 Å². The molecule has 0 spiro atoms. The Balaban J connectivity index is 2.38. The number of hydrogen-bond donors (Lipinski definition) is 1. The smallest absolute Gasteiger partial charge is 0.357 e. The third-order valence-electron chi connectivity index (χ3n) is 2.04. The summed E-state index contributed by atoms with van der Waals surface area (Å²) in [5, 5.41) is 8.72. The van der Waals surface area contributed by atoms with E-state index in [1.807, 2.05) is 30.5 Å². The van der Waals surface area contributed by atoms with E-state index >= 15 is 0 Å². The van der Waals surface area contributed by atoms with Gasteiger partial charge in [0.05, 0.1) is 0 Å². The van der Waals surface area contributed by atoms with Crippen molar-refractivity contribution in [3.8, 4) is 11.5 Å². The summed E-state index contributed by atoms with van der Waals surface area (Å²) in [5.41, 5.74) is 0.698. The van der Waals surface area contributed by atoms with Crippen LogP contribution in [0, 0.1) is 0 Å². The van der Waals surface area contributed by atoms with E-state index < -0.39 is 5.97 Å². The third-order valence-corrected chi connectivity index (χ3v) is 2.77. The standard InChI is InChI=1S/C11H9NO3S/c1-16-8-4-2-3-7(5-8)10-12-9(6-15-10)11(13)14/h2-6H,1H3,(H,13,14). The molecule has 0 radical (unpaired) electrons. The van der Waals surface area contributed by atoms with E-state index in [0.717, 1.165) is 16.7 Å². The first-order valence-corrected chi connectivity index (χ1v) is 5.76. The van der Waals surface area contributed by atoms with Crippen LogP contribution in [0.4, 0.5) is 0 Å². The van der Waals surface area contributed by atoms with Crippen LogP contribution in [0.25, 0.3) is 11.5 Å². The number of carboxylic acids is 1. The molecule has 1 aromatic carbocycles. The molecule has 0 aliphatic carbocycles. The van der Waals surface area contributed by atoms with Crippen LogP contribution in [0.15, 0.2) is 39.8 Å². The molecule has 0 aliphatic rings. The number of oxazole rings is 1. The van der Waals surface area contributed by atoms with Gasteiger partial charge in [-0.05, 0) is 24.5 Å². The highest BCUT2D eigenvalue weighted by Gasteiger charge is 2.11. The Kier molecular flexibility index (Phi) is 2.96. The highest BCUT2D eigenvalue weighted by Crippen LogP contribution is 2.23. The van der Waals surface area contributed by atoms with Crippen molar-refractivity contribution in [1.29, 1.82) is 0 Å². The topological polar surface area (TPSA) is 63.3 Å². The Bertz CT molecular complexity index is 521. The van der Waals surface area contributed by atoms with E-state index in [4.69, 9.17) is 9.52 Å². The Hall–Kier alpha value is -1.75. The number of carbonyl (C=O) groups is 1. The summed E-state index contributed by atoms with van der Waals surface area (Å²) >= 11 is 1.60. The monoisotopic (exact) mass is 235 g/mol. The molecular formula is C11H9NO3S. The molecule has 0 bridgehead atoms. The summed E-state index contributed by atoms with van der Waals surface area (Å²) in [5.74, 6) is -0.760. The van der Waals surface area contributed by atoms with Gasteiger partial charge in [-0.3, -0.25) is 0 Å². The largest absolute Gasteiger partial charge is 0.476 e. The van der Waals surface area contributed by atoms with Crippen LogP contribution < -0.4 is 0 Å². The van der Waals surface area contributed by atoms with Crippen molar-refractivity contribution >= 4 is 17.7 Å². The van der Waals surface area contributed by atoms with Gasteiger partial charge >= 0.3 is 5.97 Å². The predicted octanol–water partition coefficient (Wildman–Crippen LogP) is 2.76. The number of thioether (sulfide) groups is 1. The molecule has 2 rings (SSSR count). The quantitative estimate of drug-likeness (QED) is 0.829. The second kappa shape index (κ2) is 4.40. The van der Waals surface area contributed by atoms with Gasteiger partial charge in [-0.25, -0.2) is 9.78 Å². The lowest BCUT2D eigenvalue weighted by Crippen LogP contribution is -1.95. The minimum atomic E-state index is -1.09. The van der Waals surface area contributed by atoms with Crippen molar-refractivity contribution in [3.63, 3.8) is 0 Å². The second-order valence-electron chi connectivity index (χ2n) is 3.08. The van der Waals surface area contributed by atoms with Crippen molar-refractivity contribution in [2.45, 2.75) is 4.90 Å². The summed E-state index contributed by atoms with van der Waals surface area (Å²) in [6, 6.07) is 7.58. The lowest BCUT2D eigenvalue weighted by Gasteiger charge is -1.98. The maximum Gasteiger partial charge on any atom is 0.357 e. The molecule has 4 nitrogen and oxygen atoms in total. The number of benzene rings is 1. The SMILES string of the molecule is CSc1cccc(-c2nc(C(=O)O)co2)c1. The normalized spacial score (nSPS) is 10.3. The highest BCUT2D eigenvalue weighted by atomic mass is 32.2. The van der Waals surface area contributed by atoms with Crippen molar-refractivity contribution < 1.29 is 14.3 Å². The molecule has 16 heavy (non-hydrogen) atoms. The van der Waals surface area contributed by atoms with E-state index in [1.165, 1.54) is 0 Å². The first-order valence-electron chi connectivity index (χ1n) is 4.54. The molecule has 2 aromatic rings. The van der Waals surface area contributed by atoms with Crippen LogP contribution in [0.1, 0.15) is 10.5 Å². The van der Waals surface area contributed by atoms with Crippen molar-refractivity contribution in [2.75, 3.05) is 6.26 Å². The van der Waals surface area contributed by atoms with E-state index in [9.17, 15) is 4.79 Å². The van der Waals surface area contributed by atoms with Gasteiger partial charge in [0, 0.05) is 10.5 Å². The fourth-order valence-corrected chi connectivity index (χ4v) is 1.72. The Morgan fingerprint density at radius 2 is 2.31 bits per heavy atom. The minimum Gasteiger partial charge on any atom is -0.476 e. The maximum atomic E-state index is 10.6. The number of nitrogens with zero attached hydrogens (tertiary/aromatic N) is 1. The Morgan fingerprint density at radius 1 is 1.50 bits per heavy atom. The predicted molar refractivity (Wildman–Crippen MR) is 60.7 cm³/mol. The van der Waals surface area contributed by atoms with Gasteiger partial charge in [-0.2, -0.15) is 0 Å². The van der Waals surface area contributed by atoms with Crippen molar-refractivity contribution in [1.82, 2.24) is 4.98 Å². The summed E-state index contributed by atoms with van der Waals surface area (Å²) < 4.78 is 5.11. The number of aromatic carboxylic acids is 1. The molecule has 1 aromatic heterocycles. The molecule has 0 amide bonds. The van der Waals surface area contributed by atoms with Gasteiger partial charge in [-0.15, -0.1) is 11.8 Å². The first kappa shape index (κ1) is 10.8. The van der Waals surface area contributed by atoms with Crippen LogP contribution in [-0.4, -0.2) is 22.3 Å². The van der Waals surface area contributed by atoms with Crippen LogP contribution >= 0.6 is 11.8 Å².